The fourth-order valence-corrected chi connectivity index (χ4v) is 6.32. The van der Waals surface area contributed by atoms with Gasteiger partial charge in [-0.3, -0.25) is 0 Å². The van der Waals surface area contributed by atoms with Gasteiger partial charge in [0.2, 0.25) is 23.8 Å². The number of nitrogens with one attached hydrogen (secondary N) is 4. The predicted molar refractivity (Wildman–Crippen MR) is 195 cm³/mol. The summed E-state index contributed by atoms with van der Waals surface area (Å²) in [7, 11) is -7.80. The first kappa shape index (κ1) is 44.0. The van der Waals surface area contributed by atoms with Crippen LogP contribution in [0.15, 0.2) is 119 Å². The maximum absolute atomic E-state index is 12.7. The van der Waals surface area contributed by atoms with Crippen molar-refractivity contribution in [3.63, 3.8) is 0 Å². The SMILES string of the molecule is COc1nc(NC(=C(Nc2nc(Nc3ccccc3)nc(OC)n2)c2ccccc2S(=O)(=O)[O-])c2ccccc2S(=O)(=O)[O-])nc(Nc2ccccc2)n1.[Na+].[Na+]. The van der Waals surface area contributed by atoms with E-state index in [1.165, 1.54) is 50.6 Å². The molecule has 56 heavy (non-hydrogen) atoms. The van der Waals surface area contributed by atoms with Gasteiger partial charge in [-0.1, -0.05) is 72.8 Å². The molecule has 0 bridgehead atoms. The third-order valence-corrected chi connectivity index (χ3v) is 9.02. The largest absolute Gasteiger partial charge is 1.00 e. The average Bonchev–Trinajstić information content (AvgIpc) is 3.16. The monoisotopic (exact) mass is 814 g/mol. The molecule has 18 nitrogen and oxygen atoms in total. The second-order valence-corrected chi connectivity index (χ2v) is 13.5. The Morgan fingerprint density at radius 2 is 0.804 bits per heavy atom. The summed E-state index contributed by atoms with van der Waals surface area (Å²) in [6.45, 7) is 0. The van der Waals surface area contributed by atoms with E-state index >= 15 is 0 Å². The Kier molecular flexibility index (Phi) is 15.2. The van der Waals surface area contributed by atoms with E-state index < -0.39 is 30.0 Å². The summed E-state index contributed by atoms with van der Waals surface area (Å²) in [5.41, 5.74) is 0.00294. The average molecular weight is 815 g/mol. The second-order valence-electron chi connectivity index (χ2n) is 10.8. The van der Waals surface area contributed by atoms with E-state index in [0.29, 0.717) is 11.4 Å². The Balaban J connectivity index is 0.00000348. The van der Waals surface area contributed by atoms with E-state index in [1.807, 2.05) is 12.1 Å². The van der Waals surface area contributed by atoms with Crippen molar-refractivity contribution in [3.8, 4) is 12.0 Å². The molecule has 6 rings (SSSR count). The van der Waals surface area contributed by atoms with Crippen LogP contribution in [0, 0.1) is 0 Å². The molecule has 0 aliphatic heterocycles. The van der Waals surface area contributed by atoms with E-state index in [1.54, 1.807) is 48.5 Å². The third-order valence-electron chi connectivity index (χ3n) is 7.23. The van der Waals surface area contributed by atoms with Crippen molar-refractivity contribution in [2.24, 2.45) is 0 Å². The van der Waals surface area contributed by atoms with Crippen LogP contribution in [0.1, 0.15) is 11.1 Å². The zero-order valence-electron chi connectivity index (χ0n) is 30.2. The Morgan fingerprint density at radius 3 is 1.14 bits per heavy atom. The third kappa shape index (κ3) is 11.2. The summed E-state index contributed by atoms with van der Waals surface area (Å²) in [6, 6.07) is 27.5. The molecule has 4 N–H and O–H groups in total. The van der Waals surface area contributed by atoms with Gasteiger partial charge in [-0.25, -0.2) is 16.8 Å². The van der Waals surface area contributed by atoms with Crippen molar-refractivity contribution in [3.05, 3.63) is 120 Å². The van der Waals surface area contributed by atoms with Crippen LogP contribution in [-0.4, -0.2) is 70.1 Å². The van der Waals surface area contributed by atoms with Crippen LogP contribution in [0.5, 0.6) is 12.0 Å². The Labute approximate surface area is 365 Å². The van der Waals surface area contributed by atoms with Crippen LogP contribution in [-0.2, 0) is 20.2 Å². The topological polar surface area (TPSA) is 258 Å². The Morgan fingerprint density at radius 1 is 0.482 bits per heavy atom. The second kappa shape index (κ2) is 19.4. The zero-order valence-corrected chi connectivity index (χ0v) is 35.8. The molecule has 0 unspecified atom stereocenters. The van der Waals surface area contributed by atoms with E-state index in [4.69, 9.17) is 9.47 Å². The molecular weight excluding hydrogens is 787 g/mol. The van der Waals surface area contributed by atoms with Crippen LogP contribution < -0.4 is 89.9 Å². The maximum Gasteiger partial charge on any atom is 1.00 e. The first-order valence-corrected chi connectivity index (χ1v) is 18.4. The van der Waals surface area contributed by atoms with Crippen molar-refractivity contribution >= 4 is 66.8 Å². The first-order chi connectivity index (χ1) is 25.9. The first-order valence-electron chi connectivity index (χ1n) is 15.5. The van der Waals surface area contributed by atoms with Crippen LogP contribution >= 0.6 is 0 Å². The normalized spacial score (nSPS) is 11.5. The Hall–Kier alpha value is -4.74. The van der Waals surface area contributed by atoms with Crippen LogP contribution in [0.3, 0.4) is 0 Å². The number of nitrogens with zero attached hydrogens (tertiary/aromatic N) is 6. The van der Waals surface area contributed by atoms with Gasteiger partial charge >= 0.3 is 71.1 Å². The number of anilines is 6. The van der Waals surface area contributed by atoms with Crippen molar-refractivity contribution in [1.82, 2.24) is 29.9 Å². The molecule has 0 amide bonds. The van der Waals surface area contributed by atoms with Gasteiger partial charge in [-0.2, -0.15) is 29.9 Å². The number of benzene rings is 4. The number of methoxy groups -OCH3 is 2. The minimum Gasteiger partial charge on any atom is -0.744 e. The van der Waals surface area contributed by atoms with Crippen molar-refractivity contribution in [1.29, 1.82) is 0 Å². The van der Waals surface area contributed by atoms with E-state index in [9.17, 15) is 25.9 Å². The number of para-hydroxylation sites is 2. The fraction of sp³-hybridized carbons (Fsp3) is 0.0588. The summed E-state index contributed by atoms with van der Waals surface area (Å²) in [5.74, 6) is -0.573. The molecule has 0 radical (unpaired) electrons. The van der Waals surface area contributed by atoms with Gasteiger partial charge in [-0.15, -0.1) is 0 Å². The quantitative estimate of drug-likeness (QED) is 0.0550. The summed E-state index contributed by atoms with van der Waals surface area (Å²) in [4.78, 5) is 24.3. The molecule has 0 aliphatic rings. The molecule has 0 spiro atoms. The molecule has 0 fully saturated rings. The number of hydrogen-bond donors (Lipinski definition) is 4. The molecule has 2 aromatic heterocycles. The predicted octanol–water partition coefficient (Wildman–Crippen LogP) is -1.57. The van der Waals surface area contributed by atoms with Crippen LogP contribution in [0.4, 0.5) is 35.2 Å². The minimum absolute atomic E-state index is 0. The molecule has 4 aromatic carbocycles. The van der Waals surface area contributed by atoms with Gasteiger partial charge in [0.05, 0.1) is 35.4 Å². The van der Waals surface area contributed by atoms with E-state index in [0.717, 1.165) is 12.1 Å². The molecule has 0 saturated heterocycles. The van der Waals surface area contributed by atoms with E-state index in [-0.39, 0.29) is 117 Å². The molecule has 6 aromatic rings. The molecule has 22 heteroatoms. The van der Waals surface area contributed by atoms with Crippen LogP contribution in [0.25, 0.3) is 11.4 Å². The smallest absolute Gasteiger partial charge is 0.744 e. The molecule has 0 atom stereocenters. The van der Waals surface area contributed by atoms with E-state index in [2.05, 4.69) is 51.2 Å². The molecule has 2 heterocycles. The number of hydrogen-bond acceptors (Lipinski definition) is 18. The van der Waals surface area contributed by atoms with Gasteiger partial charge in [0.1, 0.15) is 20.2 Å². The molecule has 0 aliphatic carbocycles. The molecule has 276 valence electrons. The van der Waals surface area contributed by atoms with Gasteiger partial charge in [0, 0.05) is 22.5 Å². The van der Waals surface area contributed by atoms with Gasteiger partial charge < -0.3 is 39.8 Å². The van der Waals surface area contributed by atoms with Gasteiger partial charge in [0.25, 0.3) is 0 Å². The maximum atomic E-state index is 12.7. The van der Waals surface area contributed by atoms with Crippen molar-refractivity contribution in [2.75, 3.05) is 35.5 Å². The van der Waals surface area contributed by atoms with Crippen molar-refractivity contribution < 1.29 is 94.5 Å². The minimum atomic E-state index is -5.20. The van der Waals surface area contributed by atoms with Gasteiger partial charge in [-0.05, 0) is 36.4 Å². The standard InChI is InChI=1S/C34H30N10O8S2.2Na/c1-51-33-41-29(35-21-13-5-3-6-14-21)39-31(43-33)37-27(23-17-9-11-19-25(23)53(45,46)47)28(24-18-10-12-20-26(24)54(48,49)50)38-32-40-30(42-34(44-32)52-2)36-22-15-7-4-8-16-22;;/h3-20H,1-2H3,(H,45,46,47)(H,48,49,50)(H2,35,37,39,41,43)(H2,36,38,40,42,44);;/q;2*+1/p-2. The summed E-state index contributed by atoms with van der Waals surface area (Å²) >= 11 is 0. The number of ether oxygens (including phenoxy) is 2. The van der Waals surface area contributed by atoms with Crippen molar-refractivity contribution in [2.45, 2.75) is 9.79 Å². The summed E-state index contributed by atoms with van der Waals surface area (Å²) in [6.07, 6.45) is 0. The van der Waals surface area contributed by atoms with Gasteiger partial charge in [0.15, 0.2) is 0 Å². The zero-order chi connectivity index (χ0) is 38.3. The van der Waals surface area contributed by atoms with Crippen LogP contribution in [0.2, 0.25) is 0 Å². The number of rotatable bonds is 14. The molecular formula is C34H28N10Na2O8S2. The number of aromatic nitrogens is 6. The summed E-state index contributed by atoms with van der Waals surface area (Å²) < 4.78 is 86.9. The molecule has 0 saturated carbocycles. The summed E-state index contributed by atoms with van der Waals surface area (Å²) in [5, 5.41) is 11.8. The Bertz CT molecular complexity index is 2380. The fourth-order valence-electron chi connectivity index (χ4n) is 4.96.